The molecule has 0 spiro atoms. The quantitative estimate of drug-likeness (QED) is 0.653. The van der Waals surface area contributed by atoms with Gasteiger partial charge in [-0.3, -0.25) is 14.6 Å². The lowest BCUT2D eigenvalue weighted by Gasteiger charge is -2.05. The molecule has 2 amide bonds. The molecule has 6 nitrogen and oxygen atoms in total. The van der Waals surface area contributed by atoms with Gasteiger partial charge in [0.05, 0.1) is 18.4 Å². The Balaban J connectivity index is 2.31. The summed E-state index contributed by atoms with van der Waals surface area (Å²) in [5.74, 6) is -1.84. The summed E-state index contributed by atoms with van der Waals surface area (Å²) in [6, 6.07) is 1.27. The normalized spacial score (nSPS) is 9.94. The van der Waals surface area contributed by atoms with Gasteiger partial charge in [0, 0.05) is 12.7 Å². The van der Waals surface area contributed by atoms with Crippen LogP contribution >= 0.6 is 0 Å². The molecule has 0 unspecified atom stereocenters. The third-order valence-corrected chi connectivity index (χ3v) is 1.79. The minimum atomic E-state index is -0.692. The van der Waals surface area contributed by atoms with Crippen LogP contribution in [0.4, 0.5) is 4.39 Å². The summed E-state index contributed by atoms with van der Waals surface area (Å²) in [6.45, 7) is 0.0781. The maximum atomic E-state index is 13.1. The first-order valence-corrected chi connectivity index (χ1v) is 4.85. The molecule has 0 radical (unpaired) electrons. The number of nitrogens with two attached hydrogens (primary N) is 1. The molecule has 17 heavy (non-hydrogen) atoms. The number of pyridine rings is 1. The van der Waals surface area contributed by atoms with Crippen molar-refractivity contribution >= 4 is 11.8 Å². The highest BCUT2D eigenvalue weighted by atomic mass is 19.1. The second kappa shape index (κ2) is 6.54. The van der Waals surface area contributed by atoms with Crippen molar-refractivity contribution in [1.82, 2.24) is 10.3 Å². The maximum Gasteiger partial charge on any atom is 0.254 e. The van der Waals surface area contributed by atoms with Crippen LogP contribution in [0.1, 0.15) is 10.4 Å². The lowest BCUT2D eigenvalue weighted by Crippen LogP contribution is -2.29. The Kier molecular flexibility index (Phi) is 5.02. The SMILES string of the molecule is NC(=O)COCCNC(=O)c1ccncc1F. The molecule has 0 aliphatic heterocycles. The highest BCUT2D eigenvalue weighted by molar-refractivity contribution is 5.94. The molecule has 92 valence electrons. The molecule has 1 rings (SSSR count). The highest BCUT2D eigenvalue weighted by Crippen LogP contribution is 2.03. The summed E-state index contributed by atoms with van der Waals surface area (Å²) in [5.41, 5.74) is 4.75. The first kappa shape index (κ1) is 13.0. The zero-order valence-corrected chi connectivity index (χ0v) is 8.98. The van der Waals surface area contributed by atoms with E-state index in [1.807, 2.05) is 0 Å². The Morgan fingerprint density at radius 2 is 2.29 bits per heavy atom. The van der Waals surface area contributed by atoms with Crippen LogP contribution in [-0.4, -0.2) is 36.6 Å². The second-order valence-electron chi connectivity index (χ2n) is 3.13. The lowest BCUT2D eigenvalue weighted by atomic mass is 10.2. The first-order chi connectivity index (χ1) is 8.11. The summed E-state index contributed by atoms with van der Waals surface area (Å²) in [6.07, 6.45) is 2.28. The number of ether oxygens (including phenoxy) is 1. The van der Waals surface area contributed by atoms with Gasteiger partial charge in [-0.15, -0.1) is 0 Å². The number of amides is 2. The van der Waals surface area contributed by atoms with Crippen LogP contribution in [-0.2, 0) is 9.53 Å². The van der Waals surface area contributed by atoms with Crippen molar-refractivity contribution in [2.75, 3.05) is 19.8 Å². The number of nitrogens with one attached hydrogen (secondary N) is 1. The van der Waals surface area contributed by atoms with Crippen LogP contribution in [0.2, 0.25) is 0 Å². The Bertz CT molecular complexity index is 412. The number of hydrogen-bond donors (Lipinski definition) is 2. The molecule has 0 aromatic carbocycles. The zero-order valence-electron chi connectivity index (χ0n) is 8.98. The topological polar surface area (TPSA) is 94.3 Å². The van der Waals surface area contributed by atoms with Crippen LogP contribution in [0.15, 0.2) is 18.5 Å². The Morgan fingerprint density at radius 1 is 1.53 bits per heavy atom. The fourth-order valence-electron chi connectivity index (χ4n) is 1.06. The van der Waals surface area contributed by atoms with Gasteiger partial charge in [0.25, 0.3) is 5.91 Å². The summed E-state index contributed by atoms with van der Waals surface area (Å²) in [5, 5.41) is 2.43. The maximum absolute atomic E-state index is 13.1. The number of carbonyl (C=O) groups is 2. The van der Waals surface area contributed by atoms with Crippen molar-refractivity contribution in [3.8, 4) is 0 Å². The van der Waals surface area contributed by atoms with Gasteiger partial charge in [0.1, 0.15) is 6.61 Å². The number of carbonyl (C=O) groups excluding carboxylic acids is 2. The van der Waals surface area contributed by atoms with Crippen LogP contribution < -0.4 is 11.1 Å². The van der Waals surface area contributed by atoms with E-state index in [-0.39, 0.29) is 25.3 Å². The van der Waals surface area contributed by atoms with Crippen molar-refractivity contribution in [3.63, 3.8) is 0 Å². The zero-order chi connectivity index (χ0) is 12.7. The molecule has 7 heteroatoms. The molecule has 0 saturated carbocycles. The van der Waals surface area contributed by atoms with Crippen LogP contribution in [0.25, 0.3) is 0 Å². The van der Waals surface area contributed by atoms with Gasteiger partial charge < -0.3 is 15.8 Å². The van der Waals surface area contributed by atoms with E-state index in [1.54, 1.807) is 0 Å². The van der Waals surface area contributed by atoms with E-state index in [0.717, 1.165) is 6.20 Å². The minimum absolute atomic E-state index is 0.0881. The summed E-state index contributed by atoms with van der Waals surface area (Å²) < 4.78 is 17.9. The van der Waals surface area contributed by atoms with Crippen molar-refractivity contribution in [2.45, 2.75) is 0 Å². The minimum Gasteiger partial charge on any atom is -0.370 e. The molecule has 0 saturated heterocycles. The predicted molar refractivity (Wildman–Crippen MR) is 56.5 cm³/mol. The number of primary amides is 1. The molecule has 0 aliphatic carbocycles. The van der Waals surface area contributed by atoms with E-state index < -0.39 is 17.6 Å². The molecular weight excluding hydrogens is 229 g/mol. The van der Waals surface area contributed by atoms with Crippen molar-refractivity contribution in [3.05, 3.63) is 29.8 Å². The summed E-state index contributed by atoms with van der Waals surface area (Å²) in [4.78, 5) is 25.3. The average molecular weight is 241 g/mol. The summed E-state index contributed by atoms with van der Waals surface area (Å²) >= 11 is 0. The number of halogens is 1. The number of rotatable bonds is 6. The fourth-order valence-corrected chi connectivity index (χ4v) is 1.06. The van der Waals surface area contributed by atoms with Gasteiger partial charge in [0.2, 0.25) is 5.91 Å². The number of nitrogens with zero attached hydrogens (tertiary/aromatic N) is 1. The number of hydrogen-bond acceptors (Lipinski definition) is 4. The van der Waals surface area contributed by atoms with Gasteiger partial charge in [-0.25, -0.2) is 4.39 Å². The molecule has 0 atom stereocenters. The van der Waals surface area contributed by atoms with Gasteiger partial charge in [-0.1, -0.05) is 0 Å². The van der Waals surface area contributed by atoms with Crippen molar-refractivity contribution in [1.29, 1.82) is 0 Å². The first-order valence-electron chi connectivity index (χ1n) is 4.85. The van der Waals surface area contributed by atoms with Gasteiger partial charge in [-0.2, -0.15) is 0 Å². The van der Waals surface area contributed by atoms with Gasteiger partial charge >= 0.3 is 0 Å². The lowest BCUT2D eigenvalue weighted by molar-refractivity contribution is -0.122. The third-order valence-electron chi connectivity index (χ3n) is 1.79. The van der Waals surface area contributed by atoms with E-state index in [4.69, 9.17) is 10.5 Å². The van der Waals surface area contributed by atoms with Crippen molar-refractivity contribution < 1.29 is 18.7 Å². The van der Waals surface area contributed by atoms with E-state index >= 15 is 0 Å². The van der Waals surface area contributed by atoms with Crippen LogP contribution in [0.5, 0.6) is 0 Å². The Morgan fingerprint density at radius 3 is 2.94 bits per heavy atom. The molecule has 1 heterocycles. The Hall–Kier alpha value is -2.02. The monoisotopic (exact) mass is 241 g/mol. The van der Waals surface area contributed by atoms with E-state index in [2.05, 4.69) is 10.3 Å². The molecule has 0 fully saturated rings. The molecule has 3 N–H and O–H groups in total. The molecule has 0 bridgehead atoms. The largest absolute Gasteiger partial charge is 0.370 e. The standard InChI is InChI=1S/C10H12FN3O3/c11-8-5-13-2-1-7(8)10(16)14-3-4-17-6-9(12)15/h1-2,5H,3-4,6H2,(H2,12,15)(H,14,16). The molecular formula is C10H12FN3O3. The Labute approximate surface area is 97.0 Å². The molecule has 0 aliphatic rings. The van der Waals surface area contributed by atoms with E-state index in [0.29, 0.717) is 0 Å². The smallest absolute Gasteiger partial charge is 0.254 e. The van der Waals surface area contributed by atoms with E-state index in [9.17, 15) is 14.0 Å². The second-order valence-corrected chi connectivity index (χ2v) is 3.13. The highest BCUT2D eigenvalue weighted by Gasteiger charge is 2.10. The van der Waals surface area contributed by atoms with Crippen LogP contribution in [0.3, 0.4) is 0 Å². The third kappa shape index (κ3) is 4.56. The van der Waals surface area contributed by atoms with E-state index in [1.165, 1.54) is 12.3 Å². The predicted octanol–water partition coefficient (Wildman–Crippen LogP) is -0.548. The van der Waals surface area contributed by atoms with Crippen molar-refractivity contribution in [2.24, 2.45) is 5.73 Å². The summed E-state index contributed by atoms with van der Waals surface area (Å²) in [7, 11) is 0. The number of aromatic nitrogens is 1. The average Bonchev–Trinajstić information content (AvgIpc) is 2.28. The van der Waals surface area contributed by atoms with Gasteiger partial charge in [0.15, 0.2) is 5.82 Å². The van der Waals surface area contributed by atoms with Gasteiger partial charge in [-0.05, 0) is 6.07 Å². The molecule has 1 aromatic rings. The molecule has 1 aromatic heterocycles. The fraction of sp³-hybridized carbons (Fsp3) is 0.300. The van der Waals surface area contributed by atoms with Crippen LogP contribution in [0, 0.1) is 5.82 Å².